The fraction of sp³-hybridized carbons (Fsp3) is 0. The van der Waals surface area contributed by atoms with Gasteiger partial charge in [-0.3, -0.25) is 0 Å². The van der Waals surface area contributed by atoms with E-state index in [1.54, 1.807) is 0 Å². The smallest absolute Gasteiger partial charge is 0.0546 e. The molecule has 0 fully saturated rings. The highest BCUT2D eigenvalue weighted by Crippen LogP contribution is 2.44. The van der Waals surface area contributed by atoms with E-state index in [-0.39, 0.29) is 0 Å². The Balaban J connectivity index is 0.960. The molecule has 2 heteroatoms. The maximum Gasteiger partial charge on any atom is 0.0546 e. The van der Waals surface area contributed by atoms with Crippen LogP contribution in [0.4, 0.5) is 17.1 Å². The first-order chi connectivity index (χ1) is 30.8. The van der Waals surface area contributed by atoms with Crippen molar-refractivity contribution < 1.29 is 0 Å². The third-order valence-corrected chi connectivity index (χ3v) is 12.6. The van der Waals surface area contributed by atoms with Crippen molar-refractivity contribution in [3.8, 4) is 39.1 Å². The largest absolute Gasteiger partial charge is 0.310 e. The van der Waals surface area contributed by atoms with Gasteiger partial charge in [-0.2, -0.15) is 0 Å². The van der Waals surface area contributed by atoms with E-state index >= 15 is 0 Å². The molecule has 0 aliphatic rings. The van der Waals surface area contributed by atoms with Crippen LogP contribution in [0.15, 0.2) is 243 Å². The van der Waals surface area contributed by atoms with Crippen LogP contribution in [-0.4, -0.2) is 4.57 Å². The second-order valence-corrected chi connectivity index (χ2v) is 16.1. The second-order valence-electron chi connectivity index (χ2n) is 16.1. The molecule has 0 radical (unpaired) electrons. The molecule has 0 unspecified atom stereocenters. The maximum absolute atomic E-state index is 2.42. The quantitative estimate of drug-likeness (QED) is 0.146. The normalized spacial score (nSPS) is 11.5. The summed E-state index contributed by atoms with van der Waals surface area (Å²) in [6, 6.07) is 88.4. The number of fused-ring (bicyclic) bond motifs is 7. The van der Waals surface area contributed by atoms with E-state index in [2.05, 4.69) is 252 Å². The van der Waals surface area contributed by atoms with Crippen LogP contribution < -0.4 is 4.90 Å². The SMILES string of the molecule is c1ccc(-c2cccc3cccc(-c4ccc(N(c5ccc(-c6ccc(-n7c8ccccc8c8ccccc87)cc6)cc5)c5cc6ccccc6c6ccccc56)cc4)c23)cc1. The molecular weight excluding hydrogens is 749 g/mol. The molecular formula is C60H40N2. The van der Waals surface area contributed by atoms with Crippen LogP contribution in [0, 0.1) is 0 Å². The molecule has 0 bridgehead atoms. The van der Waals surface area contributed by atoms with Crippen molar-refractivity contribution >= 4 is 71.2 Å². The molecule has 0 amide bonds. The topological polar surface area (TPSA) is 8.17 Å². The van der Waals surface area contributed by atoms with Crippen LogP contribution in [0.5, 0.6) is 0 Å². The number of hydrogen-bond donors (Lipinski definition) is 0. The zero-order chi connectivity index (χ0) is 41.0. The lowest BCUT2D eigenvalue weighted by Crippen LogP contribution is -2.10. The molecule has 0 saturated carbocycles. The van der Waals surface area contributed by atoms with Gasteiger partial charge in [0.2, 0.25) is 0 Å². The molecule has 0 atom stereocenters. The highest BCUT2D eigenvalue weighted by atomic mass is 15.1. The minimum Gasteiger partial charge on any atom is -0.310 e. The molecule has 1 aromatic heterocycles. The van der Waals surface area contributed by atoms with Crippen molar-refractivity contribution in [1.82, 2.24) is 4.57 Å². The third-order valence-electron chi connectivity index (χ3n) is 12.6. The predicted molar refractivity (Wildman–Crippen MR) is 264 cm³/mol. The maximum atomic E-state index is 2.42. The Bertz CT molecular complexity index is 3540. The Kier molecular flexibility index (Phi) is 8.53. The van der Waals surface area contributed by atoms with Gasteiger partial charge in [0.05, 0.1) is 16.7 Å². The molecule has 0 N–H and O–H groups in total. The lowest BCUT2D eigenvalue weighted by Gasteiger charge is -2.28. The van der Waals surface area contributed by atoms with E-state index in [0.717, 1.165) is 22.7 Å². The summed E-state index contributed by atoms with van der Waals surface area (Å²) in [5.41, 5.74) is 14.2. The molecule has 11 aromatic carbocycles. The minimum absolute atomic E-state index is 1.10. The van der Waals surface area contributed by atoms with Gasteiger partial charge in [0.25, 0.3) is 0 Å². The van der Waals surface area contributed by atoms with Crippen LogP contribution in [0.2, 0.25) is 0 Å². The molecule has 12 rings (SSSR count). The van der Waals surface area contributed by atoms with Crippen LogP contribution in [0.3, 0.4) is 0 Å². The van der Waals surface area contributed by atoms with Gasteiger partial charge in [-0.05, 0) is 115 Å². The zero-order valence-electron chi connectivity index (χ0n) is 34.0. The Hall–Kier alpha value is -8.20. The average Bonchev–Trinajstić information content (AvgIpc) is 3.69. The van der Waals surface area contributed by atoms with Gasteiger partial charge in [-0.15, -0.1) is 0 Å². The number of anilines is 3. The highest BCUT2D eigenvalue weighted by Gasteiger charge is 2.19. The molecule has 62 heavy (non-hydrogen) atoms. The minimum atomic E-state index is 1.10. The van der Waals surface area contributed by atoms with Crippen molar-refractivity contribution in [2.24, 2.45) is 0 Å². The van der Waals surface area contributed by atoms with E-state index < -0.39 is 0 Å². The molecule has 0 saturated heterocycles. The summed E-state index contributed by atoms with van der Waals surface area (Å²) in [4.78, 5) is 2.42. The molecule has 2 nitrogen and oxygen atoms in total. The number of para-hydroxylation sites is 2. The first-order valence-electron chi connectivity index (χ1n) is 21.3. The van der Waals surface area contributed by atoms with Gasteiger partial charge in [0, 0.05) is 33.2 Å². The van der Waals surface area contributed by atoms with E-state index in [1.807, 2.05) is 0 Å². The van der Waals surface area contributed by atoms with E-state index in [1.165, 1.54) is 87.5 Å². The predicted octanol–water partition coefficient (Wildman–Crippen LogP) is 16.7. The van der Waals surface area contributed by atoms with Crippen LogP contribution in [0.1, 0.15) is 0 Å². The van der Waals surface area contributed by atoms with Gasteiger partial charge in [0.15, 0.2) is 0 Å². The molecule has 0 spiro atoms. The fourth-order valence-electron chi connectivity index (χ4n) is 9.68. The van der Waals surface area contributed by atoms with Gasteiger partial charge in [-0.1, -0.05) is 188 Å². The summed E-state index contributed by atoms with van der Waals surface area (Å²) in [6.45, 7) is 0. The summed E-state index contributed by atoms with van der Waals surface area (Å²) in [6.07, 6.45) is 0. The summed E-state index contributed by atoms with van der Waals surface area (Å²) >= 11 is 0. The number of benzene rings is 11. The van der Waals surface area contributed by atoms with E-state index in [4.69, 9.17) is 0 Å². The molecule has 1 heterocycles. The molecule has 12 aromatic rings. The fourth-order valence-corrected chi connectivity index (χ4v) is 9.68. The lowest BCUT2D eigenvalue weighted by atomic mass is 9.91. The van der Waals surface area contributed by atoms with Crippen molar-refractivity contribution in [3.63, 3.8) is 0 Å². The van der Waals surface area contributed by atoms with Crippen molar-refractivity contribution in [1.29, 1.82) is 0 Å². The van der Waals surface area contributed by atoms with Gasteiger partial charge in [0.1, 0.15) is 0 Å². The number of hydrogen-bond acceptors (Lipinski definition) is 1. The molecule has 290 valence electrons. The summed E-state index contributed by atoms with van der Waals surface area (Å²) < 4.78 is 2.37. The number of nitrogens with zero attached hydrogens (tertiary/aromatic N) is 2. The third kappa shape index (κ3) is 5.96. The first-order valence-corrected chi connectivity index (χ1v) is 21.3. The monoisotopic (exact) mass is 788 g/mol. The van der Waals surface area contributed by atoms with Crippen LogP contribution in [-0.2, 0) is 0 Å². The molecule has 0 aliphatic heterocycles. The summed E-state index contributed by atoms with van der Waals surface area (Å²) in [7, 11) is 0. The van der Waals surface area contributed by atoms with Crippen LogP contribution >= 0.6 is 0 Å². The van der Waals surface area contributed by atoms with Crippen molar-refractivity contribution in [3.05, 3.63) is 243 Å². The summed E-state index contributed by atoms with van der Waals surface area (Å²) in [5.74, 6) is 0. The Morgan fingerprint density at radius 3 is 1.35 bits per heavy atom. The average molecular weight is 789 g/mol. The van der Waals surface area contributed by atoms with Crippen molar-refractivity contribution in [2.75, 3.05) is 4.90 Å². The summed E-state index contributed by atoms with van der Waals surface area (Å²) in [5, 5.41) is 9.97. The Morgan fingerprint density at radius 1 is 0.290 bits per heavy atom. The van der Waals surface area contributed by atoms with Crippen LogP contribution in [0.25, 0.3) is 93.2 Å². The van der Waals surface area contributed by atoms with Gasteiger partial charge < -0.3 is 9.47 Å². The van der Waals surface area contributed by atoms with E-state index in [0.29, 0.717) is 0 Å². The van der Waals surface area contributed by atoms with Gasteiger partial charge in [-0.25, -0.2) is 0 Å². The first kappa shape index (κ1) is 35.7. The lowest BCUT2D eigenvalue weighted by molar-refractivity contribution is 1.18. The Labute approximate surface area is 360 Å². The standard InChI is InChI=1S/C60H40N2/c1-2-14-43(15-3-1)51-24-12-17-45-18-13-25-52(60(45)51)44-32-38-48(39-33-44)61(59-40-46-16-4-5-19-50(46)53-20-6-7-21-54(53)59)47-34-28-41(29-35-47)42-30-36-49(37-31-42)62-57-26-10-8-22-55(57)56-23-9-11-27-58(56)62/h1-40H. The Morgan fingerprint density at radius 2 is 0.742 bits per heavy atom. The molecule has 0 aliphatic carbocycles. The number of aromatic nitrogens is 1. The van der Waals surface area contributed by atoms with Crippen molar-refractivity contribution in [2.45, 2.75) is 0 Å². The zero-order valence-corrected chi connectivity index (χ0v) is 34.0. The number of rotatable bonds is 7. The second kappa shape index (κ2) is 14.8. The highest BCUT2D eigenvalue weighted by molar-refractivity contribution is 6.15. The van der Waals surface area contributed by atoms with Gasteiger partial charge >= 0.3 is 0 Å². The van der Waals surface area contributed by atoms with E-state index in [9.17, 15) is 0 Å².